The fraction of sp³-hybridized carbons (Fsp3) is 0.357. The van der Waals surface area contributed by atoms with Gasteiger partial charge in [0.25, 0.3) is 0 Å². The first kappa shape index (κ1) is 13.3. The average molecular weight is 234 g/mol. The molecule has 1 aromatic rings. The quantitative estimate of drug-likeness (QED) is 0.593. The molecule has 0 radical (unpaired) electrons. The Morgan fingerprint density at radius 3 is 2.35 bits per heavy atom. The molecular formula is C14H18O3. The second kappa shape index (κ2) is 6.09. The van der Waals surface area contributed by atoms with E-state index >= 15 is 0 Å². The van der Waals surface area contributed by atoms with Crippen molar-refractivity contribution in [2.24, 2.45) is 0 Å². The Kier molecular flexibility index (Phi) is 4.76. The molecule has 0 spiro atoms. The van der Waals surface area contributed by atoms with Crippen molar-refractivity contribution < 1.29 is 14.3 Å². The maximum atomic E-state index is 11.2. The lowest BCUT2D eigenvalue weighted by molar-refractivity contribution is -0.137. The molecule has 0 N–H and O–H groups in total. The third-order valence-corrected chi connectivity index (χ3v) is 2.48. The Bertz CT molecular complexity index is 410. The molecule has 0 aromatic heterocycles. The maximum Gasteiger partial charge on any atom is 0.330 e. The highest BCUT2D eigenvalue weighted by Crippen LogP contribution is 2.22. The van der Waals surface area contributed by atoms with Gasteiger partial charge in [0, 0.05) is 6.08 Å². The summed E-state index contributed by atoms with van der Waals surface area (Å²) in [5.74, 6) is 0.510. The summed E-state index contributed by atoms with van der Waals surface area (Å²) in [7, 11) is 1.64. The van der Waals surface area contributed by atoms with Crippen LogP contribution in [0.2, 0.25) is 0 Å². The predicted octanol–water partition coefficient (Wildman–Crippen LogP) is 2.89. The minimum atomic E-state index is -0.317. The minimum Gasteiger partial charge on any atom is -0.497 e. The summed E-state index contributed by atoms with van der Waals surface area (Å²) < 4.78 is 10.0. The van der Waals surface area contributed by atoms with Gasteiger partial charge in [-0.2, -0.15) is 0 Å². The molecular weight excluding hydrogens is 216 g/mol. The van der Waals surface area contributed by atoms with Gasteiger partial charge in [-0.1, -0.05) is 0 Å². The van der Waals surface area contributed by atoms with E-state index in [0.29, 0.717) is 6.61 Å². The number of benzene rings is 1. The molecule has 0 unspecified atom stereocenters. The first-order chi connectivity index (χ1) is 8.08. The zero-order valence-electron chi connectivity index (χ0n) is 10.7. The third-order valence-electron chi connectivity index (χ3n) is 2.48. The molecule has 0 amide bonds. The molecule has 0 saturated heterocycles. The van der Waals surface area contributed by atoms with Crippen molar-refractivity contribution in [2.45, 2.75) is 20.8 Å². The summed E-state index contributed by atoms with van der Waals surface area (Å²) in [5.41, 5.74) is 3.17. The van der Waals surface area contributed by atoms with Crippen LogP contribution in [-0.4, -0.2) is 19.7 Å². The summed E-state index contributed by atoms with van der Waals surface area (Å²) in [6.07, 6.45) is 3.23. The van der Waals surface area contributed by atoms with E-state index < -0.39 is 0 Å². The number of rotatable bonds is 4. The van der Waals surface area contributed by atoms with E-state index in [2.05, 4.69) is 0 Å². The highest BCUT2D eigenvalue weighted by atomic mass is 16.5. The molecule has 17 heavy (non-hydrogen) atoms. The van der Waals surface area contributed by atoms with Gasteiger partial charge in [-0.3, -0.25) is 0 Å². The van der Waals surface area contributed by atoms with Crippen LogP contribution in [-0.2, 0) is 9.53 Å². The Labute approximate surface area is 102 Å². The maximum absolute atomic E-state index is 11.2. The van der Waals surface area contributed by atoms with Gasteiger partial charge < -0.3 is 9.47 Å². The minimum absolute atomic E-state index is 0.317. The summed E-state index contributed by atoms with van der Waals surface area (Å²) >= 11 is 0. The van der Waals surface area contributed by atoms with Gasteiger partial charge in [-0.25, -0.2) is 4.79 Å². The Balaban J connectivity index is 2.95. The van der Waals surface area contributed by atoms with Gasteiger partial charge in [0.2, 0.25) is 0 Å². The second-order valence-corrected chi connectivity index (χ2v) is 3.76. The van der Waals surface area contributed by atoms with Crippen LogP contribution in [0, 0.1) is 13.8 Å². The Morgan fingerprint density at radius 1 is 1.29 bits per heavy atom. The smallest absolute Gasteiger partial charge is 0.330 e. The normalized spacial score (nSPS) is 10.6. The Morgan fingerprint density at radius 2 is 1.88 bits per heavy atom. The van der Waals surface area contributed by atoms with E-state index in [9.17, 15) is 4.79 Å². The van der Waals surface area contributed by atoms with Crippen molar-refractivity contribution in [3.8, 4) is 5.75 Å². The highest BCUT2D eigenvalue weighted by Gasteiger charge is 2.03. The fourth-order valence-corrected chi connectivity index (χ4v) is 1.66. The molecule has 1 aromatic carbocycles. The van der Waals surface area contributed by atoms with Crippen molar-refractivity contribution in [3.05, 3.63) is 34.9 Å². The molecule has 0 bridgehead atoms. The lowest BCUT2D eigenvalue weighted by atomic mass is 10.0. The van der Waals surface area contributed by atoms with Crippen LogP contribution in [0.25, 0.3) is 6.08 Å². The van der Waals surface area contributed by atoms with Crippen LogP contribution < -0.4 is 4.74 Å². The van der Waals surface area contributed by atoms with Gasteiger partial charge in [0.15, 0.2) is 0 Å². The fourth-order valence-electron chi connectivity index (χ4n) is 1.66. The molecule has 0 aliphatic carbocycles. The van der Waals surface area contributed by atoms with Crippen molar-refractivity contribution in [1.29, 1.82) is 0 Å². The summed E-state index contributed by atoms with van der Waals surface area (Å²) in [6, 6.07) is 3.88. The standard InChI is InChI=1S/C14H18O3/c1-5-17-14(15)7-6-13-10(2)8-12(16-4)9-11(13)3/h6-9H,5H2,1-4H3. The van der Waals surface area contributed by atoms with Gasteiger partial charge in [-0.05, 0) is 55.7 Å². The number of hydrogen-bond donors (Lipinski definition) is 0. The molecule has 3 heteroatoms. The largest absolute Gasteiger partial charge is 0.497 e. The number of methoxy groups -OCH3 is 1. The number of ether oxygens (including phenoxy) is 2. The van der Waals surface area contributed by atoms with Crippen LogP contribution in [0.4, 0.5) is 0 Å². The third kappa shape index (κ3) is 3.63. The van der Waals surface area contributed by atoms with Crippen LogP contribution in [0.15, 0.2) is 18.2 Å². The second-order valence-electron chi connectivity index (χ2n) is 3.76. The van der Waals surface area contributed by atoms with Gasteiger partial charge in [-0.15, -0.1) is 0 Å². The summed E-state index contributed by atoms with van der Waals surface area (Å²) in [6.45, 7) is 6.15. The van der Waals surface area contributed by atoms with Crippen molar-refractivity contribution in [1.82, 2.24) is 0 Å². The van der Waals surface area contributed by atoms with Gasteiger partial charge >= 0.3 is 5.97 Å². The summed E-state index contributed by atoms with van der Waals surface area (Å²) in [5, 5.41) is 0. The molecule has 0 aliphatic heterocycles. The van der Waals surface area contributed by atoms with E-state index in [0.717, 1.165) is 22.4 Å². The van der Waals surface area contributed by atoms with Crippen LogP contribution >= 0.6 is 0 Å². The number of esters is 1. The average Bonchev–Trinajstić information content (AvgIpc) is 2.28. The van der Waals surface area contributed by atoms with Gasteiger partial charge in [0.05, 0.1) is 13.7 Å². The molecule has 1 rings (SSSR count). The number of hydrogen-bond acceptors (Lipinski definition) is 3. The molecule has 3 nitrogen and oxygen atoms in total. The SMILES string of the molecule is CCOC(=O)C=Cc1c(C)cc(OC)cc1C. The molecule has 92 valence electrons. The first-order valence-corrected chi connectivity index (χ1v) is 5.58. The zero-order chi connectivity index (χ0) is 12.8. The van der Waals surface area contributed by atoms with E-state index in [4.69, 9.17) is 9.47 Å². The first-order valence-electron chi connectivity index (χ1n) is 5.58. The highest BCUT2D eigenvalue weighted by molar-refractivity contribution is 5.87. The van der Waals surface area contributed by atoms with E-state index in [1.54, 1.807) is 20.1 Å². The lowest BCUT2D eigenvalue weighted by Gasteiger charge is -2.08. The summed E-state index contributed by atoms with van der Waals surface area (Å²) in [4.78, 5) is 11.2. The van der Waals surface area contributed by atoms with Crippen molar-refractivity contribution >= 4 is 12.0 Å². The zero-order valence-corrected chi connectivity index (χ0v) is 10.7. The van der Waals surface area contributed by atoms with E-state index in [-0.39, 0.29) is 5.97 Å². The van der Waals surface area contributed by atoms with Crippen LogP contribution in [0.5, 0.6) is 5.75 Å². The predicted molar refractivity (Wildman–Crippen MR) is 68.1 cm³/mol. The number of aryl methyl sites for hydroxylation is 2. The van der Waals surface area contributed by atoms with Crippen molar-refractivity contribution in [2.75, 3.05) is 13.7 Å². The molecule has 0 aliphatic rings. The van der Waals surface area contributed by atoms with Gasteiger partial charge in [0.1, 0.15) is 5.75 Å². The lowest BCUT2D eigenvalue weighted by Crippen LogP contribution is -1.99. The topological polar surface area (TPSA) is 35.5 Å². The monoisotopic (exact) mass is 234 g/mol. The molecule has 0 atom stereocenters. The van der Waals surface area contributed by atoms with E-state index in [1.165, 1.54) is 6.08 Å². The number of carbonyl (C=O) groups excluding carboxylic acids is 1. The van der Waals surface area contributed by atoms with Crippen LogP contribution in [0.3, 0.4) is 0 Å². The Hall–Kier alpha value is -1.77. The van der Waals surface area contributed by atoms with Crippen molar-refractivity contribution in [3.63, 3.8) is 0 Å². The molecule has 0 fully saturated rings. The number of carbonyl (C=O) groups is 1. The molecule has 0 saturated carbocycles. The molecule has 0 heterocycles. The van der Waals surface area contributed by atoms with E-state index in [1.807, 2.05) is 26.0 Å². The van der Waals surface area contributed by atoms with Crippen LogP contribution in [0.1, 0.15) is 23.6 Å².